The molecule has 0 aliphatic rings. The zero-order valence-electron chi connectivity index (χ0n) is 8.77. The number of carbonyl (C=O) groups is 1. The Morgan fingerprint density at radius 2 is 2.19 bits per heavy atom. The van der Waals surface area contributed by atoms with Crippen LogP contribution in [-0.2, 0) is 11.2 Å². The molecule has 2 rings (SSSR count). The van der Waals surface area contributed by atoms with Gasteiger partial charge in [0, 0.05) is 5.39 Å². The molecule has 1 heterocycles. The molecule has 16 heavy (non-hydrogen) atoms. The fourth-order valence-electron chi connectivity index (χ4n) is 1.60. The fraction of sp³-hybridized carbons (Fsp3) is 0.182. The van der Waals surface area contributed by atoms with Crippen LogP contribution in [-0.4, -0.2) is 21.0 Å². The third kappa shape index (κ3) is 1.93. The first-order valence-corrected chi connectivity index (χ1v) is 4.81. The molecule has 2 aromatic rings. The highest BCUT2D eigenvalue weighted by molar-refractivity contribution is 5.85. The van der Waals surface area contributed by atoms with Crippen LogP contribution in [0.2, 0.25) is 0 Å². The largest absolute Gasteiger partial charge is 0.481 e. The number of aromatic nitrogens is 2. The summed E-state index contributed by atoms with van der Waals surface area (Å²) in [5, 5.41) is 9.51. The average Bonchev–Trinajstić information content (AvgIpc) is 2.15. The van der Waals surface area contributed by atoms with Gasteiger partial charge in [0.25, 0.3) is 0 Å². The van der Waals surface area contributed by atoms with Crippen LogP contribution in [0.15, 0.2) is 18.2 Å². The first-order chi connectivity index (χ1) is 7.56. The summed E-state index contributed by atoms with van der Waals surface area (Å²) in [5.74, 6) is -0.825. The highest BCUT2D eigenvalue weighted by atomic mass is 16.4. The predicted octanol–water partition coefficient (Wildman–Crippen LogP) is 1.15. The van der Waals surface area contributed by atoms with Gasteiger partial charge in [-0.3, -0.25) is 4.79 Å². The lowest BCUT2D eigenvalue weighted by Crippen LogP contribution is -2.06. The van der Waals surface area contributed by atoms with Crippen molar-refractivity contribution >= 4 is 22.8 Å². The summed E-state index contributed by atoms with van der Waals surface area (Å²) in [6.45, 7) is 1.94. The number of fused-ring (bicyclic) bond motifs is 1. The number of aliphatic carboxylic acids is 1. The van der Waals surface area contributed by atoms with E-state index in [9.17, 15) is 4.79 Å². The summed E-state index contributed by atoms with van der Waals surface area (Å²) >= 11 is 0. The molecule has 0 spiro atoms. The third-order valence-electron chi connectivity index (χ3n) is 2.27. The molecule has 0 saturated carbocycles. The minimum Gasteiger partial charge on any atom is -0.481 e. The van der Waals surface area contributed by atoms with Gasteiger partial charge < -0.3 is 10.8 Å². The molecule has 0 amide bonds. The number of carboxylic acids is 1. The molecule has 1 aromatic carbocycles. The lowest BCUT2D eigenvalue weighted by atomic mass is 10.1. The monoisotopic (exact) mass is 217 g/mol. The Morgan fingerprint density at radius 1 is 1.44 bits per heavy atom. The number of carboxylic acid groups (broad SMARTS) is 1. The zero-order chi connectivity index (χ0) is 11.7. The smallest absolute Gasteiger partial charge is 0.309 e. The minimum absolute atomic E-state index is 0.106. The van der Waals surface area contributed by atoms with Gasteiger partial charge in [-0.05, 0) is 18.6 Å². The molecular weight excluding hydrogens is 206 g/mol. The maximum Gasteiger partial charge on any atom is 0.309 e. The van der Waals surface area contributed by atoms with Crippen LogP contribution in [0.25, 0.3) is 10.9 Å². The molecule has 1 aromatic heterocycles. The van der Waals surface area contributed by atoms with Crippen molar-refractivity contribution in [3.05, 3.63) is 29.5 Å². The van der Waals surface area contributed by atoms with Crippen LogP contribution in [0, 0.1) is 6.92 Å². The molecule has 0 radical (unpaired) electrons. The number of nitrogen functional groups attached to an aromatic ring is 1. The molecule has 0 fully saturated rings. The summed E-state index contributed by atoms with van der Waals surface area (Å²) < 4.78 is 0. The Hall–Kier alpha value is -2.17. The van der Waals surface area contributed by atoms with Crippen LogP contribution >= 0.6 is 0 Å². The number of anilines is 1. The standard InChI is InChI=1S/C11H11N3O2/c1-6-2-3-7-8(4-6)13-11(12)14-9(7)5-10(15)16/h2-4H,5H2,1H3,(H,15,16)(H2,12,13,14). The highest BCUT2D eigenvalue weighted by Gasteiger charge is 2.09. The van der Waals surface area contributed by atoms with Crippen LogP contribution < -0.4 is 5.73 Å². The summed E-state index contributed by atoms with van der Waals surface area (Å²) in [6, 6.07) is 5.58. The van der Waals surface area contributed by atoms with Gasteiger partial charge in [0.2, 0.25) is 5.95 Å². The number of nitrogens with zero attached hydrogens (tertiary/aromatic N) is 2. The lowest BCUT2D eigenvalue weighted by molar-refractivity contribution is -0.136. The van der Waals surface area contributed by atoms with E-state index in [4.69, 9.17) is 10.8 Å². The van der Waals surface area contributed by atoms with Gasteiger partial charge in [-0.15, -0.1) is 0 Å². The lowest BCUT2D eigenvalue weighted by Gasteiger charge is -2.05. The van der Waals surface area contributed by atoms with Gasteiger partial charge in [0.15, 0.2) is 0 Å². The Labute approximate surface area is 91.9 Å². The van der Waals surface area contributed by atoms with Gasteiger partial charge in [-0.2, -0.15) is 0 Å². The number of rotatable bonds is 2. The summed E-state index contributed by atoms with van der Waals surface area (Å²) in [5.41, 5.74) is 7.72. The van der Waals surface area contributed by atoms with Gasteiger partial charge in [-0.25, -0.2) is 9.97 Å². The highest BCUT2D eigenvalue weighted by Crippen LogP contribution is 2.18. The van der Waals surface area contributed by atoms with E-state index in [1.165, 1.54) is 0 Å². The SMILES string of the molecule is Cc1ccc2c(CC(=O)O)nc(N)nc2c1. The van der Waals surface area contributed by atoms with Crippen molar-refractivity contribution in [2.45, 2.75) is 13.3 Å². The van der Waals surface area contributed by atoms with Crippen molar-refractivity contribution in [3.8, 4) is 0 Å². The second-order valence-corrected chi connectivity index (χ2v) is 3.62. The summed E-state index contributed by atoms with van der Waals surface area (Å²) in [7, 11) is 0. The molecule has 0 aliphatic carbocycles. The molecule has 5 nitrogen and oxygen atoms in total. The topological polar surface area (TPSA) is 89.1 Å². The van der Waals surface area contributed by atoms with Crippen molar-refractivity contribution in [1.82, 2.24) is 9.97 Å². The molecule has 82 valence electrons. The predicted molar refractivity (Wildman–Crippen MR) is 60.0 cm³/mol. The van der Waals surface area contributed by atoms with E-state index in [-0.39, 0.29) is 12.4 Å². The van der Waals surface area contributed by atoms with E-state index >= 15 is 0 Å². The maximum absolute atomic E-state index is 10.7. The van der Waals surface area contributed by atoms with Crippen molar-refractivity contribution < 1.29 is 9.90 Å². The van der Waals surface area contributed by atoms with Gasteiger partial charge in [0.05, 0.1) is 17.6 Å². The Balaban J connectivity index is 2.67. The molecule has 0 unspecified atom stereocenters. The zero-order valence-corrected chi connectivity index (χ0v) is 8.77. The molecule has 0 saturated heterocycles. The van der Waals surface area contributed by atoms with Crippen LogP contribution in [0.1, 0.15) is 11.3 Å². The Kier molecular flexibility index (Phi) is 2.44. The number of benzene rings is 1. The second-order valence-electron chi connectivity index (χ2n) is 3.62. The number of hydrogen-bond acceptors (Lipinski definition) is 4. The fourth-order valence-corrected chi connectivity index (χ4v) is 1.60. The van der Waals surface area contributed by atoms with Gasteiger partial charge >= 0.3 is 5.97 Å². The summed E-state index contributed by atoms with van der Waals surface area (Å²) in [6.07, 6.45) is -0.147. The Bertz CT molecular complexity index is 561. The van der Waals surface area contributed by atoms with E-state index in [0.717, 1.165) is 10.9 Å². The van der Waals surface area contributed by atoms with E-state index in [0.29, 0.717) is 11.2 Å². The van der Waals surface area contributed by atoms with Crippen molar-refractivity contribution in [3.63, 3.8) is 0 Å². The normalized spacial score (nSPS) is 10.6. The Morgan fingerprint density at radius 3 is 2.88 bits per heavy atom. The molecule has 0 atom stereocenters. The summed E-state index contributed by atoms with van der Waals surface area (Å²) in [4.78, 5) is 18.7. The average molecular weight is 217 g/mol. The maximum atomic E-state index is 10.7. The minimum atomic E-state index is -0.931. The third-order valence-corrected chi connectivity index (χ3v) is 2.27. The van der Waals surface area contributed by atoms with Gasteiger partial charge in [0.1, 0.15) is 0 Å². The van der Waals surface area contributed by atoms with Crippen molar-refractivity contribution in [1.29, 1.82) is 0 Å². The second kappa shape index (κ2) is 3.77. The van der Waals surface area contributed by atoms with E-state index in [2.05, 4.69) is 9.97 Å². The van der Waals surface area contributed by atoms with Crippen LogP contribution in [0.3, 0.4) is 0 Å². The van der Waals surface area contributed by atoms with E-state index < -0.39 is 5.97 Å². The quantitative estimate of drug-likeness (QED) is 0.787. The van der Waals surface area contributed by atoms with Crippen molar-refractivity contribution in [2.24, 2.45) is 0 Å². The van der Waals surface area contributed by atoms with E-state index in [1.807, 2.05) is 25.1 Å². The molecule has 5 heteroatoms. The molecule has 3 N–H and O–H groups in total. The van der Waals surface area contributed by atoms with Crippen LogP contribution in [0.4, 0.5) is 5.95 Å². The molecule has 0 aliphatic heterocycles. The number of nitrogens with two attached hydrogens (primary N) is 1. The van der Waals surface area contributed by atoms with Crippen molar-refractivity contribution in [2.75, 3.05) is 5.73 Å². The van der Waals surface area contributed by atoms with Crippen LogP contribution in [0.5, 0.6) is 0 Å². The number of aryl methyl sites for hydroxylation is 1. The van der Waals surface area contributed by atoms with Gasteiger partial charge in [-0.1, -0.05) is 12.1 Å². The number of hydrogen-bond donors (Lipinski definition) is 2. The first kappa shape index (κ1) is 10.4. The molecular formula is C11H11N3O2. The molecule has 0 bridgehead atoms. The van der Waals surface area contributed by atoms with E-state index in [1.54, 1.807) is 0 Å². The first-order valence-electron chi connectivity index (χ1n) is 4.81.